The van der Waals surface area contributed by atoms with Crippen molar-refractivity contribution >= 4 is 15.9 Å². The summed E-state index contributed by atoms with van der Waals surface area (Å²) in [4.78, 5) is 0. The lowest BCUT2D eigenvalue weighted by molar-refractivity contribution is 0.414. The van der Waals surface area contributed by atoms with E-state index in [1.54, 1.807) is 19.2 Å². The van der Waals surface area contributed by atoms with Crippen LogP contribution in [0.3, 0.4) is 0 Å². The Morgan fingerprint density at radius 2 is 1.94 bits per heavy atom. The molecule has 0 atom stereocenters. The lowest BCUT2D eigenvalue weighted by atomic mass is 10.00. The second kappa shape index (κ2) is 5.53. The van der Waals surface area contributed by atoms with Gasteiger partial charge >= 0.3 is 0 Å². The predicted octanol–water partition coefficient (Wildman–Crippen LogP) is 4.70. The molecule has 0 N–H and O–H groups in total. The van der Waals surface area contributed by atoms with Crippen molar-refractivity contribution in [1.29, 1.82) is 0 Å². The molecule has 18 heavy (non-hydrogen) atoms. The smallest absolute Gasteiger partial charge is 0.131 e. The van der Waals surface area contributed by atoms with E-state index in [0.29, 0.717) is 11.3 Å². The number of hydrogen-bond acceptors (Lipinski definition) is 1. The average Bonchev–Trinajstić information content (AvgIpc) is 2.39. The highest BCUT2D eigenvalue weighted by Crippen LogP contribution is 2.28. The molecule has 94 valence electrons. The number of benzene rings is 2. The topological polar surface area (TPSA) is 9.23 Å². The van der Waals surface area contributed by atoms with Crippen LogP contribution < -0.4 is 4.74 Å². The van der Waals surface area contributed by atoms with Crippen molar-refractivity contribution in [1.82, 2.24) is 0 Å². The molecule has 0 aromatic heterocycles. The van der Waals surface area contributed by atoms with Crippen LogP contribution in [0.25, 0.3) is 11.1 Å². The van der Waals surface area contributed by atoms with Gasteiger partial charge in [-0.2, -0.15) is 0 Å². The summed E-state index contributed by atoms with van der Waals surface area (Å²) in [5.41, 5.74) is 3.79. The third kappa shape index (κ3) is 2.56. The Balaban J connectivity index is 2.51. The largest absolute Gasteiger partial charge is 0.497 e. The molecule has 0 amide bonds. The number of rotatable bonds is 3. The van der Waals surface area contributed by atoms with Gasteiger partial charge in [-0.15, -0.1) is 0 Å². The van der Waals surface area contributed by atoms with Gasteiger partial charge in [0.2, 0.25) is 0 Å². The number of hydrogen-bond donors (Lipinski definition) is 0. The highest BCUT2D eigenvalue weighted by molar-refractivity contribution is 9.08. The Morgan fingerprint density at radius 3 is 2.56 bits per heavy atom. The molecule has 0 aliphatic rings. The van der Waals surface area contributed by atoms with Crippen LogP contribution in [-0.2, 0) is 5.33 Å². The Hall–Kier alpha value is -1.35. The first-order chi connectivity index (χ1) is 8.65. The number of ether oxygens (including phenoxy) is 1. The van der Waals surface area contributed by atoms with Crippen molar-refractivity contribution in [2.75, 3.05) is 7.11 Å². The van der Waals surface area contributed by atoms with Crippen molar-refractivity contribution in [2.24, 2.45) is 0 Å². The number of aryl methyl sites for hydroxylation is 1. The van der Waals surface area contributed by atoms with Gasteiger partial charge in [-0.1, -0.05) is 34.1 Å². The predicted molar refractivity (Wildman–Crippen MR) is 75.8 cm³/mol. The molecular weight excluding hydrogens is 295 g/mol. The quantitative estimate of drug-likeness (QED) is 0.746. The van der Waals surface area contributed by atoms with Gasteiger partial charge in [-0.25, -0.2) is 4.39 Å². The zero-order chi connectivity index (χ0) is 13.1. The fourth-order valence-electron chi connectivity index (χ4n) is 1.87. The van der Waals surface area contributed by atoms with Crippen LogP contribution in [0.2, 0.25) is 0 Å². The molecule has 0 bridgehead atoms. The van der Waals surface area contributed by atoms with Crippen LogP contribution in [0.1, 0.15) is 11.1 Å². The van der Waals surface area contributed by atoms with E-state index in [1.807, 2.05) is 25.1 Å². The van der Waals surface area contributed by atoms with E-state index >= 15 is 0 Å². The molecule has 0 unspecified atom stereocenters. The summed E-state index contributed by atoms with van der Waals surface area (Å²) in [5.74, 6) is 0.426. The van der Waals surface area contributed by atoms with Gasteiger partial charge in [0.15, 0.2) is 0 Å². The maximum absolute atomic E-state index is 13.8. The first-order valence-electron chi connectivity index (χ1n) is 5.65. The first kappa shape index (κ1) is 13.1. The third-order valence-corrected chi connectivity index (χ3v) is 3.58. The van der Waals surface area contributed by atoms with Gasteiger partial charge in [0, 0.05) is 10.9 Å². The molecule has 0 spiro atoms. The van der Waals surface area contributed by atoms with E-state index in [4.69, 9.17) is 4.74 Å². The van der Waals surface area contributed by atoms with Gasteiger partial charge in [0.25, 0.3) is 0 Å². The van der Waals surface area contributed by atoms with E-state index in [-0.39, 0.29) is 5.82 Å². The Bertz CT molecular complexity index is 566. The first-order valence-corrected chi connectivity index (χ1v) is 6.77. The number of halogens is 2. The van der Waals surface area contributed by atoms with Gasteiger partial charge in [0.1, 0.15) is 11.6 Å². The lowest BCUT2D eigenvalue weighted by Gasteiger charge is -2.09. The maximum Gasteiger partial charge on any atom is 0.131 e. The summed E-state index contributed by atoms with van der Waals surface area (Å²) in [6.45, 7) is 2.03. The van der Waals surface area contributed by atoms with Crippen molar-refractivity contribution in [2.45, 2.75) is 12.3 Å². The molecule has 0 aliphatic carbocycles. The summed E-state index contributed by atoms with van der Waals surface area (Å²) in [6, 6.07) is 10.7. The highest BCUT2D eigenvalue weighted by atomic mass is 79.9. The summed E-state index contributed by atoms with van der Waals surface area (Å²) in [5, 5.41) is 0.805. The standard InChI is InChI=1S/C15H14BrFO/c1-10-7-11(3-4-12(10)9-16)14-8-13(18-2)5-6-15(14)17/h3-8H,9H2,1-2H3. The minimum atomic E-state index is -0.234. The van der Waals surface area contributed by atoms with Crippen LogP contribution in [0.15, 0.2) is 36.4 Å². The van der Waals surface area contributed by atoms with Gasteiger partial charge in [-0.3, -0.25) is 0 Å². The van der Waals surface area contributed by atoms with Gasteiger partial charge < -0.3 is 4.74 Å². The monoisotopic (exact) mass is 308 g/mol. The van der Waals surface area contributed by atoms with Crippen LogP contribution in [0, 0.1) is 12.7 Å². The number of methoxy groups -OCH3 is 1. The van der Waals surface area contributed by atoms with Crippen molar-refractivity contribution in [3.05, 3.63) is 53.3 Å². The molecule has 0 saturated carbocycles. The summed E-state index contributed by atoms with van der Waals surface area (Å²) in [7, 11) is 1.58. The SMILES string of the molecule is COc1ccc(F)c(-c2ccc(CBr)c(C)c2)c1. The summed E-state index contributed by atoms with van der Waals surface area (Å²) < 4.78 is 19.0. The molecule has 2 aromatic rings. The molecule has 0 fully saturated rings. The maximum atomic E-state index is 13.8. The van der Waals surface area contributed by atoms with E-state index in [9.17, 15) is 4.39 Å². The molecule has 0 saturated heterocycles. The molecular formula is C15H14BrFO. The molecule has 0 heterocycles. The fraction of sp³-hybridized carbons (Fsp3) is 0.200. The minimum Gasteiger partial charge on any atom is -0.497 e. The van der Waals surface area contributed by atoms with E-state index in [1.165, 1.54) is 11.6 Å². The van der Waals surface area contributed by atoms with Crippen molar-refractivity contribution in [3.63, 3.8) is 0 Å². The molecule has 0 aliphatic heterocycles. The van der Waals surface area contributed by atoms with Crippen molar-refractivity contribution in [3.8, 4) is 16.9 Å². The Morgan fingerprint density at radius 1 is 1.17 bits per heavy atom. The van der Waals surface area contributed by atoms with Crippen LogP contribution in [0.4, 0.5) is 4.39 Å². The van der Waals surface area contributed by atoms with Gasteiger partial charge in [-0.05, 0) is 41.8 Å². The minimum absolute atomic E-state index is 0.234. The number of alkyl halides is 1. The Labute approximate surface area is 115 Å². The molecule has 2 rings (SSSR count). The van der Waals surface area contributed by atoms with Crippen molar-refractivity contribution < 1.29 is 9.13 Å². The molecule has 3 heteroatoms. The van der Waals surface area contributed by atoms with Crippen LogP contribution in [-0.4, -0.2) is 7.11 Å². The van der Waals surface area contributed by atoms with Gasteiger partial charge in [0.05, 0.1) is 7.11 Å². The van der Waals surface area contributed by atoms with Crippen LogP contribution >= 0.6 is 15.9 Å². The normalized spacial score (nSPS) is 10.4. The average molecular weight is 309 g/mol. The summed E-state index contributed by atoms with van der Waals surface area (Å²) >= 11 is 3.43. The van der Waals surface area contributed by atoms with E-state index < -0.39 is 0 Å². The third-order valence-electron chi connectivity index (χ3n) is 2.97. The second-order valence-corrected chi connectivity index (χ2v) is 4.68. The fourth-order valence-corrected chi connectivity index (χ4v) is 2.50. The van der Waals surface area contributed by atoms with Crippen LogP contribution in [0.5, 0.6) is 5.75 Å². The Kier molecular flexibility index (Phi) is 4.02. The van der Waals surface area contributed by atoms with E-state index in [0.717, 1.165) is 16.5 Å². The molecule has 1 nitrogen and oxygen atoms in total. The molecule has 2 aromatic carbocycles. The van der Waals surface area contributed by atoms with E-state index in [2.05, 4.69) is 15.9 Å². The summed E-state index contributed by atoms with van der Waals surface area (Å²) in [6.07, 6.45) is 0. The second-order valence-electron chi connectivity index (χ2n) is 4.12. The zero-order valence-corrected chi connectivity index (χ0v) is 11.9. The lowest BCUT2D eigenvalue weighted by Crippen LogP contribution is -1.90. The molecule has 0 radical (unpaired) electrons. The highest BCUT2D eigenvalue weighted by Gasteiger charge is 2.08. The zero-order valence-electron chi connectivity index (χ0n) is 10.3.